The molecule has 0 bridgehead atoms. The van der Waals surface area contributed by atoms with Crippen molar-refractivity contribution in [1.82, 2.24) is 4.90 Å². The number of hydrogen-bond acceptors (Lipinski definition) is 3. The van der Waals surface area contributed by atoms with Gasteiger partial charge in [0.25, 0.3) is 5.91 Å². The summed E-state index contributed by atoms with van der Waals surface area (Å²) in [6.07, 6.45) is 0.573. The van der Waals surface area contributed by atoms with E-state index >= 15 is 0 Å². The van der Waals surface area contributed by atoms with Gasteiger partial charge in [0.2, 0.25) is 0 Å². The van der Waals surface area contributed by atoms with Crippen molar-refractivity contribution < 1.29 is 14.4 Å². The van der Waals surface area contributed by atoms with E-state index in [1.165, 1.54) is 18.2 Å². The lowest BCUT2D eigenvalue weighted by atomic mass is 9.96. The smallest absolute Gasteiger partial charge is 0.254 e. The van der Waals surface area contributed by atoms with Crippen molar-refractivity contribution in [2.24, 2.45) is 11.1 Å². The van der Waals surface area contributed by atoms with E-state index in [1.54, 1.807) is 11.8 Å². The van der Waals surface area contributed by atoms with Crippen LogP contribution in [-0.4, -0.2) is 34.8 Å². The molecule has 1 saturated heterocycles. The van der Waals surface area contributed by atoms with Crippen LogP contribution in [-0.2, 0) is 0 Å². The van der Waals surface area contributed by atoms with Gasteiger partial charge >= 0.3 is 0 Å². The summed E-state index contributed by atoms with van der Waals surface area (Å²) in [6, 6.07) is 4.18. The van der Waals surface area contributed by atoms with E-state index < -0.39 is 0 Å². The Labute approximate surface area is 111 Å². The van der Waals surface area contributed by atoms with E-state index in [0.29, 0.717) is 30.6 Å². The van der Waals surface area contributed by atoms with Gasteiger partial charge in [-0.15, -0.1) is 0 Å². The lowest BCUT2D eigenvalue weighted by molar-refractivity contribution is 0.0733. The molecule has 0 aromatic heterocycles. The number of amides is 1. The molecule has 1 N–H and O–H groups in total. The van der Waals surface area contributed by atoms with Gasteiger partial charge in [0.15, 0.2) is 0 Å². The van der Waals surface area contributed by atoms with E-state index in [-0.39, 0.29) is 17.6 Å². The van der Waals surface area contributed by atoms with E-state index in [2.05, 4.69) is 5.16 Å². The molecule has 0 saturated carbocycles. The highest BCUT2D eigenvalue weighted by molar-refractivity contribution is 5.97. The maximum atomic E-state index is 13.0. The van der Waals surface area contributed by atoms with Crippen LogP contribution in [0.15, 0.2) is 23.4 Å². The Morgan fingerprint density at radius 3 is 2.84 bits per heavy atom. The highest BCUT2D eigenvalue weighted by Crippen LogP contribution is 2.18. The Morgan fingerprint density at radius 1 is 1.53 bits per heavy atom. The molecule has 0 radical (unpaired) electrons. The number of carbonyl (C=O) groups excluding carboxylic acids is 1. The second kappa shape index (κ2) is 5.38. The zero-order chi connectivity index (χ0) is 14.0. The van der Waals surface area contributed by atoms with Crippen LogP contribution in [0.2, 0.25) is 0 Å². The zero-order valence-electron chi connectivity index (χ0n) is 11.1. The van der Waals surface area contributed by atoms with Crippen LogP contribution < -0.4 is 0 Å². The maximum Gasteiger partial charge on any atom is 0.254 e. The topological polar surface area (TPSA) is 52.9 Å². The number of carbonyl (C=O) groups is 1. The third kappa shape index (κ3) is 2.75. The van der Waals surface area contributed by atoms with E-state index in [4.69, 9.17) is 5.21 Å². The highest BCUT2D eigenvalue weighted by atomic mass is 19.1. The molecule has 1 aliphatic heterocycles. The Balaban J connectivity index is 2.17. The molecular formula is C14H17FN2O2. The molecule has 1 fully saturated rings. The Bertz CT molecular complexity index is 528. The number of hydrogen-bond donors (Lipinski definition) is 1. The van der Waals surface area contributed by atoms with Crippen molar-refractivity contribution in [2.45, 2.75) is 20.3 Å². The van der Waals surface area contributed by atoms with Gasteiger partial charge in [0.1, 0.15) is 5.82 Å². The molecule has 4 nitrogen and oxygen atoms in total. The lowest BCUT2D eigenvalue weighted by Crippen LogP contribution is -2.43. The molecule has 0 spiro atoms. The molecule has 1 unspecified atom stereocenters. The highest BCUT2D eigenvalue weighted by Gasteiger charge is 2.27. The summed E-state index contributed by atoms with van der Waals surface area (Å²) < 4.78 is 13.0. The number of piperidine rings is 1. The average molecular weight is 264 g/mol. The van der Waals surface area contributed by atoms with E-state index in [9.17, 15) is 9.18 Å². The number of benzene rings is 1. The number of halogens is 1. The molecule has 1 aliphatic rings. The standard InChI is InChI=1S/C14H17FN2O2/c1-9-7-11(15)3-4-12(9)14(18)17-6-5-13(16-19)10(2)8-17/h3-4,7,10,19H,5-6,8H2,1-2H3/b16-13+. The fourth-order valence-corrected chi connectivity index (χ4v) is 2.39. The molecule has 1 amide bonds. The summed E-state index contributed by atoms with van der Waals surface area (Å²) >= 11 is 0. The third-order valence-electron chi connectivity index (χ3n) is 3.54. The fraction of sp³-hybridized carbons (Fsp3) is 0.429. The van der Waals surface area contributed by atoms with Crippen LogP contribution >= 0.6 is 0 Å². The molecule has 2 rings (SSSR count). The minimum absolute atomic E-state index is 0.0449. The average Bonchev–Trinajstić information content (AvgIpc) is 2.38. The summed E-state index contributed by atoms with van der Waals surface area (Å²) in [4.78, 5) is 14.1. The van der Waals surface area contributed by atoms with Gasteiger partial charge in [-0.3, -0.25) is 4.79 Å². The first-order chi connectivity index (χ1) is 9.02. The first kappa shape index (κ1) is 13.5. The van der Waals surface area contributed by atoms with Gasteiger partial charge in [0, 0.05) is 31.0 Å². The van der Waals surface area contributed by atoms with Crippen molar-refractivity contribution in [1.29, 1.82) is 0 Å². The number of rotatable bonds is 1. The van der Waals surface area contributed by atoms with Gasteiger partial charge in [0.05, 0.1) is 5.71 Å². The monoisotopic (exact) mass is 264 g/mol. The first-order valence-electron chi connectivity index (χ1n) is 6.29. The second-order valence-electron chi connectivity index (χ2n) is 4.95. The van der Waals surface area contributed by atoms with Gasteiger partial charge in [-0.1, -0.05) is 12.1 Å². The SMILES string of the molecule is Cc1cc(F)ccc1C(=O)N1CC/C(=N\O)C(C)C1. The van der Waals surface area contributed by atoms with Crippen LogP contribution in [0.25, 0.3) is 0 Å². The van der Waals surface area contributed by atoms with Crippen LogP contribution in [0, 0.1) is 18.7 Å². The minimum atomic E-state index is -0.337. The predicted molar refractivity (Wildman–Crippen MR) is 70.0 cm³/mol. The Hall–Kier alpha value is -1.91. The second-order valence-corrected chi connectivity index (χ2v) is 4.95. The van der Waals surface area contributed by atoms with Crippen molar-refractivity contribution in [2.75, 3.05) is 13.1 Å². The van der Waals surface area contributed by atoms with Crippen molar-refractivity contribution in [3.8, 4) is 0 Å². The normalized spacial score (nSPS) is 21.7. The third-order valence-corrected chi connectivity index (χ3v) is 3.54. The van der Waals surface area contributed by atoms with E-state index in [0.717, 1.165) is 5.71 Å². The summed E-state index contributed by atoms with van der Waals surface area (Å²) in [5, 5.41) is 12.1. The van der Waals surface area contributed by atoms with Crippen molar-refractivity contribution >= 4 is 11.6 Å². The molecule has 19 heavy (non-hydrogen) atoms. The largest absolute Gasteiger partial charge is 0.411 e. The molecular weight excluding hydrogens is 247 g/mol. The molecule has 1 aromatic rings. The molecule has 1 aromatic carbocycles. The fourth-order valence-electron chi connectivity index (χ4n) is 2.39. The quantitative estimate of drug-likeness (QED) is 0.625. The summed E-state index contributed by atoms with van der Waals surface area (Å²) in [5.41, 5.74) is 1.89. The molecule has 1 atom stereocenters. The number of aryl methyl sites for hydroxylation is 1. The minimum Gasteiger partial charge on any atom is -0.411 e. The maximum absolute atomic E-state index is 13.0. The first-order valence-corrected chi connectivity index (χ1v) is 6.29. The number of nitrogens with zero attached hydrogens (tertiary/aromatic N) is 2. The summed E-state index contributed by atoms with van der Waals surface area (Å²) in [7, 11) is 0. The van der Waals surface area contributed by atoms with E-state index in [1.807, 2.05) is 6.92 Å². The van der Waals surface area contributed by atoms with Crippen LogP contribution in [0.5, 0.6) is 0 Å². The Morgan fingerprint density at radius 2 is 2.26 bits per heavy atom. The molecule has 102 valence electrons. The van der Waals surface area contributed by atoms with Crippen LogP contribution in [0.1, 0.15) is 29.3 Å². The van der Waals surface area contributed by atoms with Crippen LogP contribution in [0.4, 0.5) is 4.39 Å². The van der Waals surface area contributed by atoms with Gasteiger partial charge in [-0.25, -0.2) is 4.39 Å². The number of oxime groups is 1. The van der Waals surface area contributed by atoms with Crippen molar-refractivity contribution in [3.63, 3.8) is 0 Å². The zero-order valence-corrected chi connectivity index (χ0v) is 11.1. The predicted octanol–water partition coefficient (Wildman–Crippen LogP) is 2.45. The number of likely N-dealkylation sites (tertiary alicyclic amines) is 1. The summed E-state index contributed by atoms with van der Waals surface area (Å²) in [5.74, 6) is -0.388. The van der Waals surface area contributed by atoms with Crippen LogP contribution in [0.3, 0.4) is 0 Å². The molecule has 1 heterocycles. The molecule has 0 aliphatic carbocycles. The van der Waals surface area contributed by atoms with Gasteiger partial charge in [-0.05, 0) is 30.7 Å². The Kier molecular flexibility index (Phi) is 3.83. The van der Waals surface area contributed by atoms with Gasteiger partial charge < -0.3 is 10.1 Å². The van der Waals surface area contributed by atoms with Gasteiger partial charge in [-0.2, -0.15) is 0 Å². The lowest BCUT2D eigenvalue weighted by Gasteiger charge is -2.31. The molecule has 5 heteroatoms. The summed E-state index contributed by atoms with van der Waals surface area (Å²) in [6.45, 7) is 4.70. The van der Waals surface area contributed by atoms with Crippen molar-refractivity contribution in [3.05, 3.63) is 35.1 Å².